The van der Waals surface area contributed by atoms with Gasteiger partial charge >= 0.3 is 0 Å². The van der Waals surface area contributed by atoms with Crippen molar-refractivity contribution in [3.05, 3.63) is 64.5 Å². The van der Waals surface area contributed by atoms with Gasteiger partial charge < -0.3 is 10.3 Å². The van der Waals surface area contributed by atoms with Crippen molar-refractivity contribution in [3.63, 3.8) is 0 Å². The number of carbonyl (C=O) groups is 1. The van der Waals surface area contributed by atoms with E-state index in [-0.39, 0.29) is 11.7 Å². The predicted octanol–water partition coefficient (Wildman–Crippen LogP) is 4.32. The molecule has 0 saturated heterocycles. The minimum atomic E-state index is -0.366. The van der Waals surface area contributed by atoms with Crippen molar-refractivity contribution in [2.75, 3.05) is 5.32 Å². The van der Waals surface area contributed by atoms with Crippen molar-refractivity contribution >= 4 is 38.4 Å². The highest BCUT2D eigenvalue weighted by molar-refractivity contribution is 9.10. The van der Waals surface area contributed by atoms with Gasteiger partial charge in [-0.15, -0.1) is 0 Å². The van der Waals surface area contributed by atoms with E-state index in [2.05, 4.69) is 26.2 Å². The zero-order chi connectivity index (χ0) is 14.1. The average Bonchev–Trinajstić information content (AvgIpc) is 2.87. The lowest BCUT2D eigenvalue weighted by molar-refractivity contribution is 0.102. The molecule has 1 aromatic heterocycles. The van der Waals surface area contributed by atoms with Gasteiger partial charge in [0.1, 0.15) is 5.82 Å². The Labute approximate surface area is 122 Å². The molecule has 0 atom stereocenters. The third-order valence-electron chi connectivity index (χ3n) is 3.01. The Morgan fingerprint density at radius 3 is 2.80 bits per heavy atom. The van der Waals surface area contributed by atoms with Gasteiger partial charge in [-0.25, -0.2) is 4.39 Å². The molecule has 20 heavy (non-hydrogen) atoms. The van der Waals surface area contributed by atoms with Crippen LogP contribution in [0.15, 0.2) is 53.1 Å². The number of anilines is 1. The van der Waals surface area contributed by atoms with Gasteiger partial charge in [-0.05, 0) is 40.2 Å². The van der Waals surface area contributed by atoms with Crippen molar-refractivity contribution in [1.82, 2.24) is 4.98 Å². The fraction of sp³-hybridized carbons (Fsp3) is 0. The van der Waals surface area contributed by atoms with Gasteiger partial charge in [0.25, 0.3) is 5.91 Å². The standard InChI is InChI=1S/C15H10BrFN2O/c16-12-7-9(5-6-13(12)17)19-15(20)11-8-18-14-4-2-1-3-10(11)14/h1-8,18H,(H,19,20). The summed E-state index contributed by atoms with van der Waals surface area (Å²) in [5, 5.41) is 3.60. The van der Waals surface area contributed by atoms with Crippen LogP contribution in [-0.4, -0.2) is 10.9 Å². The zero-order valence-corrected chi connectivity index (χ0v) is 11.9. The van der Waals surface area contributed by atoms with Crippen LogP contribution in [-0.2, 0) is 0 Å². The molecule has 0 aliphatic carbocycles. The van der Waals surface area contributed by atoms with E-state index in [1.807, 2.05) is 24.3 Å². The molecule has 0 radical (unpaired) electrons. The van der Waals surface area contributed by atoms with E-state index >= 15 is 0 Å². The largest absolute Gasteiger partial charge is 0.360 e. The van der Waals surface area contributed by atoms with E-state index in [0.717, 1.165) is 10.9 Å². The van der Waals surface area contributed by atoms with Crippen LogP contribution >= 0.6 is 15.9 Å². The fourth-order valence-corrected chi connectivity index (χ4v) is 2.41. The molecule has 0 spiro atoms. The molecule has 5 heteroatoms. The quantitative estimate of drug-likeness (QED) is 0.721. The van der Waals surface area contributed by atoms with Gasteiger partial charge in [-0.1, -0.05) is 18.2 Å². The van der Waals surface area contributed by atoms with E-state index in [9.17, 15) is 9.18 Å². The van der Waals surface area contributed by atoms with Gasteiger partial charge in [0, 0.05) is 22.8 Å². The van der Waals surface area contributed by atoms with E-state index in [1.165, 1.54) is 18.2 Å². The van der Waals surface area contributed by atoms with Crippen molar-refractivity contribution < 1.29 is 9.18 Å². The second-order valence-corrected chi connectivity index (χ2v) is 5.19. The Bertz CT molecular complexity index is 797. The van der Waals surface area contributed by atoms with Crippen LogP contribution in [0.4, 0.5) is 10.1 Å². The van der Waals surface area contributed by atoms with Gasteiger partial charge in [0.2, 0.25) is 0 Å². The first kappa shape index (κ1) is 12.9. The third-order valence-corrected chi connectivity index (χ3v) is 3.62. The number of hydrogen-bond donors (Lipinski definition) is 2. The molecule has 0 unspecified atom stereocenters. The van der Waals surface area contributed by atoms with E-state index in [1.54, 1.807) is 6.20 Å². The van der Waals surface area contributed by atoms with Crippen LogP contribution in [0.25, 0.3) is 10.9 Å². The molecule has 0 aliphatic rings. The molecule has 1 heterocycles. The first-order valence-corrected chi connectivity index (χ1v) is 6.77. The van der Waals surface area contributed by atoms with E-state index < -0.39 is 0 Å². The summed E-state index contributed by atoms with van der Waals surface area (Å²) in [4.78, 5) is 15.3. The van der Waals surface area contributed by atoms with E-state index in [0.29, 0.717) is 15.7 Å². The summed E-state index contributed by atoms with van der Waals surface area (Å²) in [6.07, 6.45) is 1.67. The maximum absolute atomic E-state index is 13.2. The van der Waals surface area contributed by atoms with Gasteiger partial charge in [0.05, 0.1) is 10.0 Å². The Morgan fingerprint density at radius 2 is 2.00 bits per heavy atom. The molecular weight excluding hydrogens is 323 g/mol. The van der Waals surface area contributed by atoms with Crippen LogP contribution in [0.1, 0.15) is 10.4 Å². The highest BCUT2D eigenvalue weighted by Gasteiger charge is 2.12. The van der Waals surface area contributed by atoms with Gasteiger partial charge in [-0.2, -0.15) is 0 Å². The topological polar surface area (TPSA) is 44.9 Å². The smallest absolute Gasteiger partial charge is 0.257 e. The second kappa shape index (κ2) is 5.09. The number of amides is 1. The monoisotopic (exact) mass is 332 g/mol. The molecule has 3 rings (SSSR count). The number of aromatic amines is 1. The predicted molar refractivity (Wildman–Crippen MR) is 80.4 cm³/mol. The lowest BCUT2D eigenvalue weighted by Crippen LogP contribution is -2.11. The first-order valence-electron chi connectivity index (χ1n) is 5.97. The number of halogens is 2. The number of nitrogens with one attached hydrogen (secondary N) is 2. The summed E-state index contributed by atoms with van der Waals surface area (Å²) >= 11 is 3.09. The van der Waals surface area contributed by atoms with Crippen molar-refractivity contribution in [2.45, 2.75) is 0 Å². The van der Waals surface area contributed by atoms with Crippen molar-refractivity contribution in [3.8, 4) is 0 Å². The fourth-order valence-electron chi connectivity index (χ4n) is 2.03. The van der Waals surface area contributed by atoms with Crippen LogP contribution < -0.4 is 5.32 Å². The lowest BCUT2D eigenvalue weighted by atomic mass is 10.1. The van der Waals surface area contributed by atoms with E-state index in [4.69, 9.17) is 0 Å². The van der Waals surface area contributed by atoms with Gasteiger partial charge in [0.15, 0.2) is 0 Å². The molecular formula is C15H10BrFN2O. The van der Waals surface area contributed by atoms with Crippen LogP contribution in [0.3, 0.4) is 0 Å². The number of hydrogen-bond acceptors (Lipinski definition) is 1. The zero-order valence-electron chi connectivity index (χ0n) is 10.3. The number of H-pyrrole nitrogens is 1. The van der Waals surface area contributed by atoms with Gasteiger partial charge in [-0.3, -0.25) is 4.79 Å². The van der Waals surface area contributed by atoms with Crippen LogP contribution in [0, 0.1) is 5.82 Å². The molecule has 100 valence electrons. The highest BCUT2D eigenvalue weighted by Crippen LogP contribution is 2.22. The SMILES string of the molecule is O=C(Nc1ccc(F)c(Br)c1)c1c[nH]c2ccccc12. The number of carbonyl (C=O) groups excluding carboxylic acids is 1. The second-order valence-electron chi connectivity index (χ2n) is 4.33. The highest BCUT2D eigenvalue weighted by atomic mass is 79.9. The maximum atomic E-state index is 13.2. The molecule has 0 saturated carbocycles. The molecule has 2 N–H and O–H groups in total. The molecule has 0 aliphatic heterocycles. The molecule has 3 nitrogen and oxygen atoms in total. The summed E-state index contributed by atoms with van der Waals surface area (Å²) in [6.45, 7) is 0. The first-order chi connectivity index (χ1) is 9.65. The van der Waals surface area contributed by atoms with Crippen molar-refractivity contribution in [2.24, 2.45) is 0 Å². The van der Waals surface area contributed by atoms with Crippen LogP contribution in [0.5, 0.6) is 0 Å². The summed E-state index contributed by atoms with van der Waals surface area (Å²) in [5.74, 6) is -0.601. The Morgan fingerprint density at radius 1 is 1.20 bits per heavy atom. The number of para-hydroxylation sites is 1. The Balaban J connectivity index is 1.91. The maximum Gasteiger partial charge on any atom is 0.257 e. The molecule has 0 bridgehead atoms. The molecule has 3 aromatic rings. The minimum Gasteiger partial charge on any atom is -0.360 e. The Hall–Kier alpha value is -2.14. The number of aromatic nitrogens is 1. The average molecular weight is 333 g/mol. The molecule has 0 fully saturated rings. The summed E-state index contributed by atoms with van der Waals surface area (Å²) in [7, 11) is 0. The number of fused-ring (bicyclic) bond motifs is 1. The minimum absolute atomic E-state index is 0.235. The lowest BCUT2D eigenvalue weighted by Gasteiger charge is -2.05. The summed E-state index contributed by atoms with van der Waals surface area (Å²) < 4.78 is 13.5. The normalized spacial score (nSPS) is 10.7. The Kier molecular flexibility index (Phi) is 3.28. The van der Waals surface area contributed by atoms with Crippen LogP contribution in [0.2, 0.25) is 0 Å². The number of benzene rings is 2. The van der Waals surface area contributed by atoms with Crippen molar-refractivity contribution in [1.29, 1.82) is 0 Å². The molecule has 1 amide bonds. The summed E-state index contributed by atoms with van der Waals surface area (Å²) in [6, 6.07) is 11.9. The third kappa shape index (κ3) is 2.32. The summed E-state index contributed by atoms with van der Waals surface area (Å²) in [5.41, 5.74) is 1.99. The molecule has 2 aromatic carbocycles. The number of rotatable bonds is 2.